The van der Waals surface area contributed by atoms with E-state index in [1.807, 2.05) is 24.9 Å². The molecule has 1 aliphatic rings. The van der Waals surface area contributed by atoms with Gasteiger partial charge in [-0.15, -0.1) is 5.10 Å². The summed E-state index contributed by atoms with van der Waals surface area (Å²) in [5, 5.41) is 12.0. The second-order valence-electron chi connectivity index (χ2n) is 10.4. The van der Waals surface area contributed by atoms with Crippen LogP contribution in [0.25, 0.3) is 11.2 Å². The van der Waals surface area contributed by atoms with E-state index >= 15 is 0 Å². The van der Waals surface area contributed by atoms with Gasteiger partial charge in [-0.1, -0.05) is 38.1 Å². The summed E-state index contributed by atoms with van der Waals surface area (Å²) in [6.45, 7) is 10.6. The van der Waals surface area contributed by atoms with Crippen LogP contribution in [0.1, 0.15) is 56.4 Å². The first-order valence-corrected chi connectivity index (χ1v) is 11.9. The Bertz CT molecular complexity index is 1320. The van der Waals surface area contributed by atoms with Crippen LogP contribution in [-0.4, -0.2) is 47.6 Å². The number of rotatable bonds is 4. The SMILES string of the molecule is Cc1ccc(C(C)(C)C)cc1Nc1nc(N2CCC(c3cn(C)nn3)CC2)nc2ncn(C)c12. The fraction of sp³-hybridized carbons (Fsp3) is 0.480. The summed E-state index contributed by atoms with van der Waals surface area (Å²) >= 11 is 0. The van der Waals surface area contributed by atoms with Gasteiger partial charge in [-0.25, -0.2) is 4.98 Å². The van der Waals surface area contributed by atoms with E-state index in [2.05, 4.69) is 71.4 Å². The van der Waals surface area contributed by atoms with E-state index in [0.717, 1.165) is 54.6 Å². The van der Waals surface area contributed by atoms with Gasteiger partial charge >= 0.3 is 0 Å². The first-order chi connectivity index (χ1) is 16.2. The Kier molecular flexibility index (Phi) is 5.50. The van der Waals surface area contributed by atoms with Crippen molar-refractivity contribution >= 4 is 28.6 Å². The van der Waals surface area contributed by atoms with Gasteiger partial charge in [0.2, 0.25) is 5.95 Å². The molecule has 1 N–H and O–H groups in total. The molecule has 0 unspecified atom stereocenters. The van der Waals surface area contributed by atoms with Crippen LogP contribution in [0.3, 0.4) is 0 Å². The minimum Gasteiger partial charge on any atom is -0.341 e. The number of hydrogen-bond acceptors (Lipinski definition) is 7. The van der Waals surface area contributed by atoms with Crippen LogP contribution < -0.4 is 10.2 Å². The number of piperidine rings is 1. The van der Waals surface area contributed by atoms with Crippen LogP contribution >= 0.6 is 0 Å². The molecule has 0 amide bonds. The zero-order valence-electron chi connectivity index (χ0n) is 20.9. The number of imidazole rings is 1. The minimum atomic E-state index is 0.0658. The molecular weight excluding hydrogens is 426 g/mol. The lowest BCUT2D eigenvalue weighted by Crippen LogP contribution is -2.34. The fourth-order valence-corrected chi connectivity index (χ4v) is 4.55. The molecule has 9 heteroatoms. The van der Waals surface area contributed by atoms with Gasteiger partial charge in [-0.3, -0.25) is 4.68 Å². The topological polar surface area (TPSA) is 89.6 Å². The molecule has 0 spiro atoms. The molecule has 4 aromatic rings. The first kappa shape index (κ1) is 22.3. The first-order valence-electron chi connectivity index (χ1n) is 11.9. The van der Waals surface area contributed by atoms with E-state index in [1.165, 1.54) is 11.1 Å². The van der Waals surface area contributed by atoms with E-state index in [1.54, 1.807) is 11.0 Å². The molecule has 5 rings (SSSR count). The van der Waals surface area contributed by atoms with Gasteiger partial charge in [0.05, 0.1) is 12.0 Å². The van der Waals surface area contributed by atoms with E-state index in [9.17, 15) is 0 Å². The molecule has 1 fully saturated rings. The lowest BCUT2D eigenvalue weighted by atomic mass is 9.86. The molecular formula is C25H33N9. The van der Waals surface area contributed by atoms with Crippen molar-refractivity contribution in [1.29, 1.82) is 0 Å². The van der Waals surface area contributed by atoms with Crippen molar-refractivity contribution in [2.75, 3.05) is 23.3 Å². The molecule has 0 radical (unpaired) electrons. The van der Waals surface area contributed by atoms with Crippen molar-refractivity contribution in [1.82, 2.24) is 34.5 Å². The highest BCUT2D eigenvalue weighted by molar-refractivity contribution is 5.87. The van der Waals surface area contributed by atoms with Gasteiger partial charge in [0.15, 0.2) is 11.5 Å². The van der Waals surface area contributed by atoms with E-state index < -0.39 is 0 Å². The van der Waals surface area contributed by atoms with Crippen molar-refractivity contribution in [2.24, 2.45) is 14.1 Å². The number of hydrogen-bond donors (Lipinski definition) is 1. The third kappa shape index (κ3) is 4.22. The number of aryl methyl sites for hydroxylation is 3. The highest BCUT2D eigenvalue weighted by atomic mass is 15.4. The fourth-order valence-electron chi connectivity index (χ4n) is 4.55. The van der Waals surface area contributed by atoms with Crippen LogP contribution in [0.2, 0.25) is 0 Å². The predicted molar refractivity (Wildman–Crippen MR) is 135 cm³/mol. The monoisotopic (exact) mass is 459 g/mol. The van der Waals surface area contributed by atoms with Crippen molar-refractivity contribution in [3.8, 4) is 0 Å². The van der Waals surface area contributed by atoms with Gasteiger partial charge in [-0.2, -0.15) is 9.97 Å². The molecule has 3 aromatic heterocycles. The molecule has 1 aromatic carbocycles. The van der Waals surface area contributed by atoms with Gasteiger partial charge in [0.25, 0.3) is 0 Å². The van der Waals surface area contributed by atoms with E-state index in [4.69, 9.17) is 9.97 Å². The number of benzene rings is 1. The summed E-state index contributed by atoms with van der Waals surface area (Å²) in [7, 11) is 3.89. The zero-order valence-corrected chi connectivity index (χ0v) is 20.9. The number of fused-ring (bicyclic) bond motifs is 1. The lowest BCUT2D eigenvalue weighted by molar-refractivity contribution is 0.490. The molecule has 0 atom stereocenters. The van der Waals surface area contributed by atoms with Gasteiger partial charge in [-0.05, 0) is 42.4 Å². The molecule has 178 valence electrons. The summed E-state index contributed by atoms with van der Waals surface area (Å²) in [6, 6.07) is 6.60. The van der Waals surface area contributed by atoms with Crippen LogP contribution in [0.4, 0.5) is 17.5 Å². The number of nitrogens with zero attached hydrogens (tertiary/aromatic N) is 8. The Hall–Kier alpha value is -3.49. The average Bonchev–Trinajstić information content (AvgIpc) is 3.40. The van der Waals surface area contributed by atoms with Crippen molar-refractivity contribution < 1.29 is 0 Å². The van der Waals surface area contributed by atoms with Gasteiger partial charge < -0.3 is 14.8 Å². The van der Waals surface area contributed by atoms with E-state index in [-0.39, 0.29) is 5.41 Å². The maximum atomic E-state index is 5.00. The summed E-state index contributed by atoms with van der Waals surface area (Å²) in [6.07, 6.45) is 5.81. The Morgan fingerprint density at radius 1 is 1.06 bits per heavy atom. The Balaban J connectivity index is 1.45. The third-order valence-electron chi connectivity index (χ3n) is 6.73. The van der Waals surface area contributed by atoms with Crippen LogP contribution in [0.5, 0.6) is 0 Å². The molecule has 0 aliphatic carbocycles. The van der Waals surface area contributed by atoms with Gasteiger partial charge in [0, 0.05) is 45.0 Å². The molecule has 0 saturated carbocycles. The van der Waals surface area contributed by atoms with Crippen LogP contribution in [0.15, 0.2) is 30.7 Å². The second-order valence-corrected chi connectivity index (χ2v) is 10.4. The maximum absolute atomic E-state index is 5.00. The van der Waals surface area contributed by atoms with Crippen LogP contribution in [0, 0.1) is 6.92 Å². The lowest BCUT2D eigenvalue weighted by Gasteiger charge is -2.31. The highest BCUT2D eigenvalue weighted by Gasteiger charge is 2.26. The average molecular weight is 460 g/mol. The van der Waals surface area contributed by atoms with Gasteiger partial charge in [0.1, 0.15) is 5.52 Å². The number of anilines is 3. The third-order valence-corrected chi connectivity index (χ3v) is 6.73. The molecule has 1 aliphatic heterocycles. The Morgan fingerprint density at radius 3 is 2.50 bits per heavy atom. The van der Waals surface area contributed by atoms with E-state index in [0.29, 0.717) is 11.6 Å². The zero-order chi connectivity index (χ0) is 24.0. The maximum Gasteiger partial charge on any atom is 0.229 e. The Morgan fingerprint density at radius 2 is 1.82 bits per heavy atom. The normalized spacial score (nSPS) is 15.3. The molecule has 34 heavy (non-hydrogen) atoms. The number of aromatic nitrogens is 7. The smallest absolute Gasteiger partial charge is 0.229 e. The van der Waals surface area contributed by atoms with Crippen LogP contribution in [-0.2, 0) is 19.5 Å². The summed E-state index contributed by atoms with van der Waals surface area (Å²) in [4.78, 5) is 16.6. The van der Waals surface area contributed by atoms with Crippen molar-refractivity contribution in [3.63, 3.8) is 0 Å². The summed E-state index contributed by atoms with van der Waals surface area (Å²) < 4.78 is 3.75. The summed E-state index contributed by atoms with van der Waals surface area (Å²) in [5.74, 6) is 1.92. The highest BCUT2D eigenvalue weighted by Crippen LogP contribution is 2.33. The molecule has 1 saturated heterocycles. The quantitative estimate of drug-likeness (QED) is 0.488. The second kappa shape index (κ2) is 8.38. The van der Waals surface area contributed by atoms with Crippen molar-refractivity contribution in [3.05, 3.63) is 47.5 Å². The Labute approximate surface area is 200 Å². The molecule has 4 heterocycles. The molecule has 0 bridgehead atoms. The summed E-state index contributed by atoms with van der Waals surface area (Å²) in [5.41, 5.74) is 6.25. The standard InChI is InChI=1S/C25H33N9/c1-16-7-8-18(25(2,3)4)13-19(16)27-23-21-22(26-15-32(21)5)28-24(29-23)34-11-9-17(10-12-34)20-14-33(6)31-30-20/h7-8,13-15,17H,9-12H2,1-6H3,(H,27,28,29). The predicted octanol–water partition coefficient (Wildman–Crippen LogP) is 4.23. The van der Waals surface area contributed by atoms with Crippen molar-refractivity contribution in [2.45, 2.75) is 51.9 Å². The largest absolute Gasteiger partial charge is 0.341 e. The molecule has 9 nitrogen and oxygen atoms in total. The minimum absolute atomic E-state index is 0.0658. The number of nitrogens with one attached hydrogen (secondary N) is 1.